The van der Waals surface area contributed by atoms with Gasteiger partial charge >= 0.3 is 0 Å². The van der Waals surface area contributed by atoms with E-state index in [1.54, 1.807) is 0 Å². The molecule has 0 fully saturated rings. The molecule has 0 aliphatic carbocycles. The van der Waals surface area contributed by atoms with Gasteiger partial charge in [0, 0.05) is 24.1 Å². The van der Waals surface area contributed by atoms with Gasteiger partial charge in [-0.2, -0.15) is 5.10 Å². The number of rotatable bonds is 4. The standard InChI is InChI=1S/C14H17BrClN3/c1-9(11-6-4-5-7-12(11)15)17-8-13-14(16)10(2)18-19(13)3/h4-7,9,17H,8H2,1-3H3/t9-/m1/s1. The van der Waals surface area contributed by atoms with Crippen LogP contribution in [0.25, 0.3) is 0 Å². The average Bonchev–Trinajstić information content (AvgIpc) is 2.61. The molecule has 0 bridgehead atoms. The number of aromatic nitrogens is 2. The van der Waals surface area contributed by atoms with Crippen LogP contribution in [0.3, 0.4) is 0 Å². The molecule has 102 valence electrons. The van der Waals surface area contributed by atoms with Gasteiger partial charge in [-0.3, -0.25) is 4.68 Å². The number of hydrogen-bond donors (Lipinski definition) is 1. The summed E-state index contributed by atoms with van der Waals surface area (Å²) in [6, 6.07) is 8.45. The summed E-state index contributed by atoms with van der Waals surface area (Å²) in [5, 5.41) is 8.53. The quantitative estimate of drug-likeness (QED) is 0.910. The molecular formula is C14H17BrClN3. The molecule has 19 heavy (non-hydrogen) atoms. The molecule has 0 radical (unpaired) electrons. The summed E-state index contributed by atoms with van der Waals surface area (Å²) in [4.78, 5) is 0. The molecule has 1 heterocycles. The topological polar surface area (TPSA) is 29.9 Å². The van der Waals surface area contributed by atoms with E-state index in [0.29, 0.717) is 6.54 Å². The van der Waals surface area contributed by atoms with Gasteiger partial charge in [0.2, 0.25) is 0 Å². The Morgan fingerprint density at radius 3 is 2.68 bits per heavy atom. The maximum Gasteiger partial charge on any atom is 0.0860 e. The summed E-state index contributed by atoms with van der Waals surface area (Å²) < 4.78 is 2.94. The minimum absolute atomic E-state index is 0.238. The first kappa shape index (κ1) is 14.6. The lowest BCUT2D eigenvalue weighted by molar-refractivity contribution is 0.546. The summed E-state index contributed by atoms with van der Waals surface area (Å²) in [6.45, 7) is 4.75. The van der Waals surface area contributed by atoms with Crippen LogP contribution in [-0.2, 0) is 13.6 Å². The van der Waals surface area contributed by atoms with Crippen LogP contribution in [0.5, 0.6) is 0 Å². The van der Waals surface area contributed by atoms with E-state index < -0.39 is 0 Å². The molecule has 0 aliphatic rings. The molecule has 1 aromatic carbocycles. The van der Waals surface area contributed by atoms with Gasteiger partial charge in [-0.25, -0.2) is 0 Å². The van der Waals surface area contributed by atoms with Crippen LogP contribution in [0.4, 0.5) is 0 Å². The molecule has 1 atom stereocenters. The Morgan fingerprint density at radius 1 is 1.42 bits per heavy atom. The van der Waals surface area contributed by atoms with Gasteiger partial charge in [0.25, 0.3) is 0 Å². The molecule has 1 aromatic heterocycles. The van der Waals surface area contributed by atoms with E-state index in [1.165, 1.54) is 5.56 Å². The highest BCUT2D eigenvalue weighted by Gasteiger charge is 2.13. The van der Waals surface area contributed by atoms with Crippen LogP contribution in [0.15, 0.2) is 28.7 Å². The van der Waals surface area contributed by atoms with Gasteiger partial charge in [-0.15, -0.1) is 0 Å². The zero-order valence-corrected chi connectivity index (χ0v) is 13.6. The SMILES string of the molecule is Cc1nn(C)c(CN[C@H](C)c2ccccc2Br)c1Cl. The van der Waals surface area contributed by atoms with Crippen molar-refractivity contribution in [3.8, 4) is 0 Å². The van der Waals surface area contributed by atoms with Gasteiger partial charge in [-0.05, 0) is 25.5 Å². The van der Waals surface area contributed by atoms with Crippen LogP contribution in [-0.4, -0.2) is 9.78 Å². The summed E-state index contributed by atoms with van der Waals surface area (Å²) in [6.07, 6.45) is 0. The fraction of sp³-hybridized carbons (Fsp3) is 0.357. The average molecular weight is 343 g/mol. The van der Waals surface area contributed by atoms with E-state index in [4.69, 9.17) is 11.6 Å². The second kappa shape index (κ2) is 6.07. The Kier molecular flexibility index (Phi) is 4.66. The monoisotopic (exact) mass is 341 g/mol. The van der Waals surface area contributed by atoms with Gasteiger partial charge in [0.15, 0.2) is 0 Å². The van der Waals surface area contributed by atoms with Gasteiger partial charge in [0.05, 0.1) is 16.4 Å². The second-order valence-corrected chi connectivity index (χ2v) is 5.83. The zero-order valence-electron chi connectivity index (χ0n) is 11.2. The number of halogens is 2. The summed E-state index contributed by atoms with van der Waals surface area (Å²) in [5.41, 5.74) is 3.12. The van der Waals surface area contributed by atoms with E-state index in [1.807, 2.05) is 30.8 Å². The molecule has 0 unspecified atom stereocenters. The van der Waals surface area contributed by atoms with Crippen molar-refractivity contribution < 1.29 is 0 Å². The van der Waals surface area contributed by atoms with Gasteiger partial charge < -0.3 is 5.32 Å². The first-order valence-electron chi connectivity index (χ1n) is 6.16. The summed E-state index contributed by atoms with van der Waals surface area (Å²) >= 11 is 9.81. The first-order chi connectivity index (χ1) is 9.00. The van der Waals surface area contributed by atoms with Crippen molar-refractivity contribution in [2.45, 2.75) is 26.4 Å². The Hall–Kier alpha value is -0.840. The van der Waals surface area contributed by atoms with E-state index in [0.717, 1.165) is 20.9 Å². The largest absolute Gasteiger partial charge is 0.304 e. The molecule has 3 nitrogen and oxygen atoms in total. The third-order valence-electron chi connectivity index (χ3n) is 3.21. The fourth-order valence-electron chi connectivity index (χ4n) is 2.06. The maximum absolute atomic E-state index is 6.24. The van der Waals surface area contributed by atoms with Crippen molar-refractivity contribution in [1.82, 2.24) is 15.1 Å². The first-order valence-corrected chi connectivity index (χ1v) is 7.33. The van der Waals surface area contributed by atoms with E-state index >= 15 is 0 Å². The van der Waals surface area contributed by atoms with Crippen molar-refractivity contribution in [1.29, 1.82) is 0 Å². The van der Waals surface area contributed by atoms with Gasteiger partial charge in [0.1, 0.15) is 0 Å². The van der Waals surface area contributed by atoms with Crippen LogP contribution in [0.2, 0.25) is 5.02 Å². The zero-order chi connectivity index (χ0) is 14.0. The van der Waals surface area contributed by atoms with Crippen molar-refractivity contribution in [2.24, 2.45) is 7.05 Å². The molecule has 0 amide bonds. The van der Waals surface area contributed by atoms with Gasteiger partial charge in [-0.1, -0.05) is 45.7 Å². The predicted octanol–water partition coefficient (Wildman–Crippen LogP) is 4.00. The smallest absolute Gasteiger partial charge is 0.0860 e. The third-order valence-corrected chi connectivity index (χ3v) is 4.42. The Labute approximate surface area is 127 Å². The Bertz CT molecular complexity index is 580. The number of aryl methyl sites for hydroxylation is 2. The molecule has 0 saturated heterocycles. The number of nitrogens with zero attached hydrogens (tertiary/aromatic N) is 2. The van der Waals surface area contributed by atoms with Crippen LogP contribution in [0, 0.1) is 6.92 Å². The highest BCUT2D eigenvalue weighted by atomic mass is 79.9. The lowest BCUT2D eigenvalue weighted by Gasteiger charge is -2.16. The second-order valence-electron chi connectivity index (χ2n) is 4.59. The molecule has 2 rings (SSSR count). The van der Waals surface area contributed by atoms with E-state index in [9.17, 15) is 0 Å². The summed E-state index contributed by atoms with van der Waals surface area (Å²) in [5.74, 6) is 0. The van der Waals surface area contributed by atoms with Crippen molar-refractivity contribution >= 4 is 27.5 Å². The van der Waals surface area contributed by atoms with E-state index in [-0.39, 0.29) is 6.04 Å². The van der Waals surface area contributed by atoms with Crippen LogP contribution in [0.1, 0.15) is 29.9 Å². The number of hydrogen-bond acceptors (Lipinski definition) is 2. The molecule has 0 spiro atoms. The third kappa shape index (κ3) is 3.19. The highest BCUT2D eigenvalue weighted by molar-refractivity contribution is 9.10. The van der Waals surface area contributed by atoms with Crippen LogP contribution < -0.4 is 5.32 Å². The lowest BCUT2D eigenvalue weighted by atomic mass is 10.1. The lowest BCUT2D eigenvalue weighted by Crippen LogP contribution is -2.20. The molecular weight excluding hydrogens is 326 g/mol. The number of benzene rings is 1. The molecule has 0 aliphatic heterocycles. The summed E-state index contributed by atoms with van der Waals surface area (Å²) in [7, 11) is 1.92. The van der Waals surface area contributed by atoms with E-state index in [2.05, 4.69) is 45.4 Å². The molecule has 2 aromatic rings. The maximum atomic E-state index is 6.24. The minimum Gasteiger partial charge on any atom is -0.304 e. The highest BCUT2D eigenvalue weighted by Crippen LogP contribution is 2.24. The predicted molar refractivity (Wildman–Crippen MR) is 82.4 cm³/mol. The fourth-order valence-corrected chi connectivity index (χ4v) is 2.91. The molecule has 5 heteroatoms. The Balaban J connectivity index is 2.09. The number of nitrogens with one attached hydrogen (secondary N) is 1. The minimum atomic E-state index is 0.238. The molecule has 0 saturated carbocycles. The normalized spacial score (nSPS) is 12.7. The molecule has 1 N–H and O–H groups in total. The van der Waals surface area contributed by atoms with Crippen molar-refractivity contribution in [3.63, 3.8) is 0 Å². The van der Waals surface area contributed by atoms with Crippen LogP contribution >= 0.6 is 27.5 Å². The Morgan fingerprint density at radius 2 is 2.11 bits per heavy atom. The van der Waals surface area contributed by atoms with Crippen molar-refractivity contribution in [3.05, 3.63) is 50.7 Å². The van der Waals surface area contributed by atoms with Crippen molar-refractivity contribution in [2.75, 3.05) is 0 Å².